The van der Waals surface area contributed by atoms with E-state index in [2.05, 4.69) is 42.3 Å². The van der Waals surface area contributed by atoms with Crippen LogP contribution in [-0.2, 0) is 6.42 Å². The number of hydrogen-bond acceptors (Lipinski definition) is 1. The first-order valence-corrected chi connectivity index (χ1v) is 4.72. The van der Waals surface area contributed by atoms with Gasteiger partial charge < -0.3 is 0 Å². The number of allylic oxidation sites excluding steroid dienone is 2. The Bertz CT molecular complexity index is 361. The van der Waals surface area contributed by atoms with Crippen molar-refractivity contribution in [2.45, 2.75) is 19.8 Å². The van der Waals surface area contributed by atoms with Gasteiger partial charge in [-0.3, -0.25) is 4.98 Å². The molecule has 0 saturated heterocycles. The summed E-state index contributed by atoms with van der Waals surface area (Å²) in [6.07, 6.45) is 12.6. The minimum atomic E-state index is 1.01. The molecule has 1 heteroatoms. The Morgan fingerprint density at radius 1 is 1.31 bits per heavy atom. The normalized spacial score (nSPS) is 13.9. The summed E-state index contributed by atoms with van der Waals surface area (Å²) in [5, 5.41) is 0. The smallest absolute Gasteiger partial charge is 0.0701 e. The van der Waals surface area contributed by atoms with Crippen molar-refractivity contribution < 1.29 is 0 Å². The SMILES string of the molecule is CCc1ccnc2c1C=CCC=C2. The Labute approximate surface area is 78.8 Å². The van der Waals surface area contributed by atoms with E-state index in [9.17, 15) is 0 Å². The van der Waals surface area contributed by atoms with Crippen LogP contribution in [0, 0.1) is 0 Å². The van der Waals surface area contributed by atoms with E-state index < -0.39 is 0 Å². The average molecular weight is 171 g/mol. The Hall–Kier alpha value is -1.37. The topological polar surface area (TPSA) is 12.9 Å². The van der Waals surface area contributed by atoms with E-state index in [1.165, 1.54) is 11.1 Å². The molecule has 0 N–H and O–H groups in total. The molecule has 0 fully saturated rings. The third-order valence-electron chi connectivity index (χ3n) is 2.32. The Kier molecular flexibility index (Phi) is 2.26. The highest BCUT2D eigenvalue weighted by atomic mass is 14.7. The molecule has 2 rings (SSSR count). The van der Waals surface area contributed by atoms with E-state index in [1.54, 1.807) is 0 Å². The third kappa shape index (κ3) is 1.55. The molecule has 0 unspecified atom stereocenters. The van der Waals surface area contributed by atoms with Gasteiger partial charge in [0.1, 0.15) is 0 Å². The van der Waals surface area contributed by atoms with Crippen LogP contribution in [0.1, 0.15) is 30.2 Å². The van der Waals surface area contributed by atoms with Gasteiger partial charge in [-0.15, -0.1) is 0 Å². The highest BCUT2D eigenvalue weighted by Crippen LogP contribution is 2.19. The molecule has 0 atom stereocenters. The molecule has 1 nitrogen and oxygen atoms in total. The summed E-state index contributed by atoms with van der Waals surface area (Å²) in [4.78, 5) is 4.35. The summed E-state index contributed by atoms with van der Waals surface area (Å²) >= 11 is 0. The zero-order valence-electron chi connectivity index (χ0n) is 7.83. The molecule has 1 aliphatic carbocycles. The van der Waals surface area contributed by atoms with Gasteiger partial charge in [-0.2, -0.15) is 0 Å². The summed E-state index contributed by atoms with van der Waals surface area (Å²) < 4.78 is 0. The van der Waals surface area contributed by atoms with Gasteiger partial charge >= 0.3 is 0 Å². The van der Waals surface area contributed by atoms with Crippen molar-refractivity contribution in [1.82, 2.24) is 4.98 Å². The van der Waals surface area contributed by atoms with Crippen LogP contribution in [0.15, 0.2) is 24.4 Å². The zero-order chi connectivity index (χ0) is 9.10. The summed E-state index contributed by atoms with van der Waals surface area (Å²) in [7, 11) is 0. The van der Waals surface area contributed by atoms with Crippen molar-refractivity contribution in [3.8, 4) is 0 Å². The molecular weight excluding hydrogens is 158 g/mol. The maximum absolute atomic E-state index is 4.35. The minimum absolute atomic E-state index is 1.01. The molecule has 0 amide bonds. The van der Waals surface area contributed by atoms with Crippen LogP contribution < -0.4 is 0 Å². The van der Waals surface area contributed by atoms with Crippen molar-refractivity contribution in [3.05, 3.63) is 41.2 Å². The number of hydrogen-bond donors (Lipinski definition) is 0. The van der Waals surface area contributed by atoms with Crippen LogP contribution in [0.5, 0.6) is 0 Å². The monoisotopic (exact) mass is 171 g/mol. The van der Waals surface area contributed by atoms with E-state index in [0.29, 0.717) is 0 Å². The van der Waals surface area contributed by atoms with Crippen LogP contribution in [0.25, 0.3) is 12.2 Å². The molecule has 1 aromatic rings. The number of nitrogens with zero attached hydrogens (tertiary/aromatic N) is 1. The third-order valence-corrected chi connectivity index (χ3v) is 2.32. The van der Waals surface area contributed by atoms with Crippen molar-refractivity contribution in [3.63, 3.8) is 0 Å². The van der Waals surface area contributed by atoms with E-state index in [4.69, 9.17) is 0 Å². The lowest BCUT2D eigenvalue weighted by Crippen LogP contribution is -1.92. The van der Waals surface area contributed by atoms with E-state index in [0.717, 1.165) is 18.5 Å². The molecule has 0 aromatic carbocycles. The van der Waals surface area contributed by atoms with Crippen molar-refractivity contribution >= 4 is 12.2 Å². The summed E-state index contributed by atoms with van der Waals surface area (Å²) in [6.45, 7) is 2.18. The lowest BCUT2D eigenvalue weighted by Gasteiger charge is -2.04. The fourth-order valence-electron chi connectivity index (χ4n) is 1.61. The van der Waals surface area contributed by atoms with E-state index >= 15 is 0 Å². The fourth-order valence-corrected chi connectivity index (χ4v) is 1.61. The highest BCUT2D eigenvalue weighted by molar-refractivity contribution is 5.67. The first-order chi connectivity index (χ1) is 6.42. The molecule has 0 saturated carbocycles. The first-order valence-electron chi connectivity index (χ1n) is 4.72. The molecule has 0 radical (unpaired) electrons. The van der Waals surface area contributed by atoms with Crippen LogP contribution in [-0.4, -0.2) is 4.98 Å². The van der Waals surface area contributed by atoms with Gasteiger partial charge in [0.25, 0.3) is 0 Å². The second kappa shape index (κ2) is 3.56. The molecule has 1 heterocycles. The van der Waals surface area contributed by atoms with E-state index in [-0.39, 0.29) is 0 Å². The van der Waals surface area contributed by atoms with Gasteiger partial charge in [0.15, 0.2) is 0 Å². The predicted molar refractivity (Wildman–Crippen MR) is 56.3 cm³/mol. The molecule has 13 heavy (non-hydrogen) atoms. The molecule has 1 aliphatic rings. The lowest BCUT2D eigenvalue weighted by atomic mass is 10.0. The molecule has 0 aliphatic heterocycles. The minimum Gasteiger partial charge on any atom is -0.256 e. The van der Waals surface area contributed by atoms with Gasteiger partial charge in [0.05, 0.1) is 5.69 Å². The lowest BCUT2D eigenvalue weighted by molar-refractivity contribution is 1.10. The average Bonchev–Trinajstić information content (AvgIpc) is 2.41. The number of rotatable bonds is 1. The van der Waals surface area contributed by atoms with Gasteiger partial charge in [0, 0.05) is 11.8 Å². The maximum Gasteiger partial charge on any atom is 0.0701 e. The molecule has 0 bridgehead atoms. The van der Waals surface area contributed by atoms with Gasteiger partial charge in [0.2, 0.25) is 0 Å². The molecule has 66 valence electrons. The number of pyridine rings is 1. The highest BCUT2D eigenvalue weighted by Gasteiger charge is 2.04. The molecule has 1 aromatic heterocycles. The fraction of sp³-hybridized carbons (Fsp3) is 0.250. The molecular formula is C12H13N. The predicted octanol–water partition coefficient (Wildman–Crippen LogP) is 3.07. The van der Waals surface area contributed by atoms with Crippen molar-refractivity contribution in [2.75, 3.05) is 0 Å². The van der Waals surface area contributed by atoms with Crippen LogP contribution >= 0.6 is 0 Å². The van der Waals surface area contributed by atoms with Crippen LogP contribution in [0.3, 0.4) is 0 Å². The van der Waals surface area contributed by atoms with Crippen molar-refractivity contribution in [1.29, 1.82) is 0 Å². The largest absolute Gasteiger partial charge is 0.256 e. The first kappa shape index (κ1) is 8.24. The summed E-state index contributed by atoms with van der Waals surface area (Å²) in [6, 6.07) is 2.10. The summed E-state index contributed by atoms with van der Waals surface area (Å²) in [5.74, 6) is 0. The zero-order valence-corrected chi connectivity index (χ0v) is 7.83. The Balaban J connectivity index is 2.59. The van der Waals surface area contributed by atoms with Crippen LogP contribution in [0.4, 0.5) is 0 Å². The van der Waals surface area contributed by atoms with E-state index in [1.807, 2.05) is 6.20 Å². The standard InChI is InChI=1S/C12H13N/c1-2-10-8-9-13-12-7-5-3-4-6-11(10)12/h4-9H,2-3H2,1H3. The maximum atomic E-state index is 4.35. The summed E-state index contributed by atoms with van der Waals surface area (Å²) in [5.41, 5.74) is 3.78. The van der Waals surface area contributed by atoms with Crippen LogP contribution in [0.2, 0.25) is 0 Å². The number of aromatic nitrogens is 1. The van der Waals surface area contributed by atoms with Gasteiger partial charge in [-0.05, 0) is 30.5 Å². The number of fused-ring (bicyclic) bond motifs is 1. The Morgan fingerprint density at radius 2 is 2.15 bits per heavy atom. The quantitative estimate of drug-likeness (QED) is 0.632. The van der Waals surface area contributed by atoms with Gasteiger partial charge in [-0.25, -0.2) is 0 Å². The second-order valence-electron chi connectivity index (χ2n) is 3.16. The van der Waals surface area contributed by atoms with Crippen molar-refractivity contribution in [2.24, 2.45) is 0 Å². The second-order valence-corrected chi connectivity index (χ2v) is 3.16. The Morgan fingerprint density at radius 3 is 3.00 bits per heavy atom. The molecule has 0 spiro atoms. The van der Waals surface area contributed by atoms with Gasteiger partial charge in [-0.1, -0.05) is 25.2 Å². The number of aryl methyl sites for hydroxylation is 1.